The van der Waals surface area contributed by atoms with Crippen molar-refractivity contribution in [2.24, 2.45) is 0 Å². The Balaban J connectivity index is 0.934. The average molecular weight is 739 g/mol. The Hall–Kier alpha value is -6.64. The number of rotatable bonds is 6. The Morgan fingerprint density at radius 2 is 1.00 bits per heavy atom. The molecule has 0 saturated carbocycles. The maximum Gasteiger partial charge on any atom is 0.0541 e. The predicted molar refractivity (Wildman–Crippen MR) is 239 cm³/mol. The largest absolute Gasteiger partial charge is 0.310 e. The van der Waals surface area contributed by atoms with Crippen LogP contribution in [0.25, 0.3) is 60.9 Å². The van der Waals surface area contributed by atoms with Crippen LogP contribution in [0.3, 0.4) is 0 Å². The van der Waals surface area contributed by atoms with Gasteiger partial charge in [0.15, 0.2) is 0 Å². The number of fused-ring (bicyclic) bond motifs is 8. The zero-order valence-corrected chi connectivity index (χ0v) is 31.6. The van der Waals surface area contributed by atoms with Crippen molar-refractivity contribution in [2.75, 3.05) is 4.90 Å². The Labute approximate surface area is 345 Å². The molecule has 1 heterocycles. The third-order valence-electron chi connectivity index (χ3n) is 12.4. The maximum absolute atomic E-state index is 8.47. The van der Waals surface area contributed by atoms with E-state index in [-0.39, 0.29) is 5.41 Å². The number of hydrogen-bond acceptors (Lipinski definition) is 1. The number of benzene rings is 8. The summed E-state index contributed by atoms with van der Waals surface area (Å²) < 4.78 is 68.9. The molecule has 0 radical (unpaired) electrons. The second-order valence-electron chi connectivity index (χ2n) is 15.9. The van der Waals surface area contributed by atoms with Gasteiger partial charge in [0, 0.05) is 49.9 Å². The molecule has 0 atom stereocenters. The van der Waals surface area contributed by atoms with Crippen LogP contribution < -0.4 is 4.90 Å². The molecule has 2 nitrogen and oxygen atoms in total. The lowest BCUT2D eigenvalue weighted by Crippen LogP contribution is -2.16. The first-order valence-corrected chi connectivity index (χ1v) is 19.6. The average Bonchev–Trinajstić information content (AvgIpc) is 3.76. The summed E-state index contributed by atoms with van der Waals surface area (Å²) in [6.45, 7) is 4.58. The normalized spacial score (nSPS) is 20.0. The fourth-order valence-electron chi connectivity index (χ4n) is 9.28. The van der Waals surface area contributed by atoms with Crippen molar-refractivity contribution in [3.05, 3.63) is 203 Å². The van der Waals surface area contributed by atoms with Crippen molar-refractivity contribution >= 4 is 38.9 Å². The molecule has 0 fully saturated rings. The molecule has 12 rings (SSSR count). The molecule has 1 aromatic heterocycles. The van der Waals surface area contributed by atoms with Gasteiger partial charge in [-0.15, -0.1) is 0 Å². The van der Waals surface area contributed by atoms with Crippen LogP contribution in [-0.2, 0) is 30.9 Å². The van der Waals surface area contributed by atoms with Gasteiger partial charge in [0.1, 0.15) is 0 Å². The van der Waals surface area contributed by atoms with E-state index in [0.717, 1.165) is 66.8 Å². The SMILES string of the molecule is [2H]C1([2H])c2ccc(-c3ccc(N(c4ccc(-c5ccc6c(c5)c5ccccc5n6-c5ccc6c(c5)C([2H])([2H])C6([2H])[2H])cc4)c4ccc5c(c4)C(C)(C)c4ccccc4-5)cc3)cc2C1([2H])[2H]. The first-order chi connectivity index (χ1) is 31.0. The number of para-hydroxylation sites is 1. The monoisotopic (exact) mass is 738 g/mol. The fraction of sp³-hybridized carbons (Fsp3) is 0.127. The number of aryl methyl sites for hydroxylation is 4. The molecule has 0 amide bonds. The van der Waals surface area contributed by atoms with Crippen LogP contribution in [-0.4, -0.2) is 4.57 Å². The van der Waals surface area contributed by atoms with E-state index in [1.807, 2.05) is 24.3 Å². The van der Waals surface area contributed by atoms with Crippen molar-refractivity contribution in [1.29, 1.82) is 0 Å². The van der Waals surface area contributed by atoms with Gasteiger partial charge in [-0.25, -0.2) is 0 Å². The van der Waals surface area contributed by atoms with E-state index in [1.54, 1.807) is 24.3 Å². The standard InChI is InChI=1S/C55H42N2/c1-55(2)51-9-5-3-7-47(51)48-29-28-46(34-52(48)55)56(43-23-17-37(18-24-43)40-15-12-35-11-14-39(35)31-40)44-25-19-38(20-26-44)42-22-30-54-50(33-42)49-8-4-6-10-53(49)57(54)45-27-21-36-13-16-41(36)32-45/h3-10,12,15,17-34H,11,13-14,16H2,1-2H3/i11D2,13D2,14D2,16D2. The highest BCUT2D eigenvalue weighted by Crippen LogP contribution is 2.51. The lowest BCUT2D eigenvalue weighted by atomic mass is 9.82. The highest BCUT2D eigenvalue weighted by molar-refractivity contribution is 6.10. The van der Waals surface area contributed by atoms with E-state index in [1.165, 1.54) is 22.3 Å². The van der Waals surface area contributed by atoms with E-state index in [2.05, 4.69) is 145 Å². The summed E-state index contributed by atoms with van der Waals surface area (Å²) in [6, 6.07) is 57.8. The van der Waals surface area contributed by atoms with Crippen molar-refractivity contribution in [3.63, 3.8) is 0 Å². The van der Waals surface area contributed by atoms with Crippen LogP contribution in [0.15, 0.2) is 170 Å². The molecule has 0 N–H and O–H groups in total. The first kappa shape index (κ1) is 25.5. The molecule has 3 aliphatic rings. The molecule has 8 aromatic carbocycles. The van der Waals surface area contributed by atoms with E-state index in [4.69, 9.17) is 11.0 Å². The number of aromatic nitrogens is 1. The van der Waals surface area contributed by atoms with Crippen LogP contribution in [0, 0.1) is 0 Å². The van der Waals surface area contributed by atoms with Crippen molar-refractivity contribution in [3.8, 4) is 39.1 Å². The molecule has 0 bridgehead atoms. The lowest BCUT2D eigenvalue weighted by Gasteiger charge is -2.28. The number of hydrogen-bond donors (Lipinski definition) is 0. The Morgan fingerprint density at radius 1 is 0.439 bits per heavy atom. The summed E-state index contributed by atoms with van der Waals surface area (Å²) in [5, 5.41) is 2.14. The molecule has 3 aliphatic carbocycles. The second kappa shape index (κ2) is 12.2. The number of anilines is 3. The molecule has 272 valence electrons. The van der Waals surface area contributed by atoms with Crippen molar-refractivity contribution in [2.45, 2.75) is 44.8 Å². The summed E-state index contributed by atoms with van der Waals surface area (Å²) in [4.78, 5) is 2.27. The smallest absolute Gasteiger partial charge is 0.0541 e. The third kappa shape index (κ3) is 4.96. The minimum absolute atomic E-state index is 0.191. The molecular formula is C55H42N2. The van der Waals surface area contributed by atoms with Gasteiger partial charge in [-0.2, -0.15) is 0 Å². The summed E-state index contributed by atoms with van der Waals surface area (Å²) in [5.74, 6) is 0. The molecule has 57 heavy (non-hydrogen) atoms. The number of nitrogens with zero attached hydrogens (tertiary/aromatic N) is 2. The van der Waals surface area contributed by atoms with Crippen molar-refractivity contribution in [1.82, 2.24) is 4.57 Å². The molecule has 0 spiro atoms. The molecule has 0 saturated heterocycles. The summed E-state index contributed by atoms with van der Waals surface area (Å²) >= 11 is 0. The van der Waals surface area contributed by atoms with Crippen LogP contribution in [0.4, 0.5) is 17.1 Å². The van der Waals surface area contributed by atoms with Crippen LogP contribution >= 0.6 is 0 Å². The third-order valence-corrected chi connectivity index (χ3v) is 12.4. The van der Waals surface area contributed by atoms with Gasteiger partial charge < -0.3 is 9.47 Å². The second-order valence-corrected chi connectivity index (χ2v) is 15.9. The zero-order valence-electron chi connectivity index (χ0n) is 39.6. The quantitative estimate of drug-likeness (QED) is 0.165. The highest BCUT2D eigenvalue weighted by Gasteiger charge is 2.35. The summed E-state index contributed by atoms with van der Waals surface area (Å²) in [5.41, 5.74) is 16.1. The minimum atomic E-state index is -2.07. The van der Waals surface area contributed by atoms with Crippen LogP contribution in [0.1, 0.15) is 58.2 Å². The van der Waals surface area contributed by atoms with Crippen LogP contribution in [0.2, 0.25) is 0 Å². The highest BCUT2D eigenvalue weighted by atomic mass is 15.1. The van der Waals surface area contributed by atoms with Crippen LogP contribution in [0.5, 0.6) is 0 Å². The van der Waals surface area contributed by atoms with Gasteiger partial charge in [0.25, 0.3) is 0 Å². The summed E-state index contributed by atoms with van der Waals surface area (Å²) in [7, 11) is 0. The fourth-order valence-corrected chi connectivity index (χ4v) is 9.28. The van der Waals surface area contributed by atoms with Gasteiger partial charge in [0.05, 0.1) is 11.0 Å². The molecular weight excluding hydrogens is 689 g/mol. The van der Waals surface area contributed by atoms with E-state index >= 15 is 0 Å². The molecule has 0 aliphatic heterocycles. The van der Waals surface area contributed by atoms with Gasteiger partial charge in [-0.3, -0.25) is 0 Å². The topological polar surface area (TPSA) is 8.17 Å². The predicted octanol–water partition coefficient (Wildman–Crippen LogP) is 14.1. The zero-order chi connectivity index (χ0) is 45.0. The Kier molecular flexibility index (Phi) is 5.45. The van der Waals surface area contributed by atoms with E-state index in [9.17, 15) is 0 Å². The van der Waals surface area contributed by atoms with Gasteiger partial charge in [-0.05, 0) is 159 Å². The van der Waals surface area contributed by atoms with E-state index < -0.39 is 25.5 Å². The molecule has 9 aromatic rings. The lowest BCUT2D eigenvalue weighted by molar-refractivity contribution is 0.660. The molecule has 0 unspecified atom stereocenters. The van der Waals surface area contributed by atoms with Gasteiger partial charge >= 0.3 is 0 Å². The Bertz CT molecular complexity index is 3470. The maximum atomic E-state index is 8.47. The van der Waals surface area contributed by atoms with Gasteiger partial charge in [-0.1, -0.05) is 117 Å². The minimum Gasteiger partial charge on any atom is -0.310 e. The van der Waals surface area contributed by atoms with E-state index in [0.29, 0.717) is 22.3 Å². The van der Waals surface area contributed by atoms with Crippen molar-refractivity contribution < 1.29 is 11.0 Å². The Morgan fingerprint density at radius 3 is 1.77 bits per heavy atom. The first-order valence-electron chi connectivity index (χ1n) is 23.6. The summed E-state index contributed by atoms with van der Waals surface area (Å²) in [6.07, 6.45) is -8.14. The molecule has 2 heteroatoms. The van der Waals surface area contributed by atoms with Gasteiger partial charge in [0.2, 0.25) is 0 Å².